The summed E-state index contributed by atoms with van der Waals surface area (Å²) in [7, 11) is 3.54. The van der Waals surface area contributed by atoms with E-state index < -0.39 is 0 Å². The molecule has 0 aliphatic carbocycles. The molecule has 1 aliphatic rings. The summed E-state index contributed by atoms with van der Waals surface area (Å²) in [4.78, 5) is 6.97. The van der Waals surface area contributed by atoms with Gasteiger partial charge in [0.15, 0.2) is 5.96 Å². The number of likely N-dealkylation sites (tertiary alicyclic amines) is 1. The summed E-state index contributed by atoms with van der Waals surface area (Å²) in [6.45, 7) is 4.57. The van der Waals surface area contributed by atoms with Crippen molar-refractivity contribution in [3.8, 4) is 0 Å². The zero-order chi connectivity index (χ0) is 19.6. The second kappa shape index (κ2) is 10.8. The molecule has 5 nitrogen and oxygen atoms in total. The van der Waals surface area contributed by atoms with Gasteiger partial charge in [-0.15, -0.1) is 0 Å². The van der Waals surface area contributed by atoms with Crippen LogP contribution in [0.5, 0.6) is 0 Å². The van der Waals surface area contributed by atoms with E-state index in [1.165, 1.54) is 42.6 Å². The maximum Gasteiger partial charge on any atom is 0.191 e. The Kier molecular flexibility index (Phi) is 7.88. The zero-order valence-corrected chi connectivity index (χ0v) is 17.0. The summed E-state index contributed by atoms with van der Waals surface area (Å²) < 4.78 is 5.17. The molecule has 2 aromatic rings. The van der Waals surface area contributed by atoms with Crippen LogP contribution in [0, 0.1) is 0 Å². The van der Waals surface area contributed by atoms with Gasteiger partial charge < -0.3 is 15.4 Å². The van der Waals surface area contributed by atoms with Crippen molar-refractivity contribution in [2.45, 2.75) is 32.0 Å². The van der Waals surface area contributed by atoms with E-state index in [0.717, 1.165) is 19.0 Å². The van der Waals surface area contributed by atoms with E-state index in [4.69, 9.17) is 4.74 Å². The molecule has 0 radical (unpaired) electrons. The van der Waals surface area contributed by atoms with Gasteiger partial charge in [-0.05, 0) is 42.6 Å². The molecular formula is C23H32N4O. The molecule has 28 heavy (non-hydrogen) atoms. The molecule has 0 saturated carbocycles. The Morgan fingerprint density at radius 3 is 2.32 bits per heavy atom. The van der Waals surface area contributed by atoms with E-state index in [1.807, 2.05) is 7.05 Å². The maximum absolute atomic E-state index is 5.17. The predicted octanol–water partition coefficient (Wildman–Crippen LogP) is 3.34. The van der Waals surface area contributed by atoms with Crippen LogP contribution < -0.4 is 10.6 Å². The van der Waals surface area contributed by atoms with Crippen LogP contribution in [-0.2, 0) is 17.9 Å². The highest BCUT2D eigenvalue weighted by molar-refractivity contribution is 5.79. The smallest absolute Gasteiger partial charge is 0.191 e. The fourth-order valence-corrected chi connectivity index (χ4v) is 3.71. The van der Waals surface area contributed by atoms with Crippen LogP contribution >= 0.6 is 0 Å². The lowest BCUT2D eigenvalue weighted by molar-refractivity contribution is 0.185. The Morgan fingerprint density at radius 1 is 1.00 bits per heavy atom. The first-order valence-corrected chi connectivity index (χ1v) is 10.1. The lowest BCUT2D eigenvalue weighted by Crippen LogP contribution is -2.42. The zero-order valence-electron chi connectivity index (χ0n) is 17.0. The summed E-state index contributed by atoms with van der Waals surface area (Å²) in [6, 6.07) is 19.6. The molecule has 1 unspecified atom stereocenters. The second-order valence-corrected chi connectivity index (χ2v) is 7.23. The van der Waals surface area contributed by atoms with E-state index in [9.17, 15) is 0 Å². The molecule has 150 valence electrons. The number of ether oxygens (including phenoxy) is 1. The Labute approximate surface area is 168 Å². The number of aliphatic imine (C=N–C) groups is 1. The van der Waals surface area contributed by atoms with Crippen LogP contribution in [0.25, 0.3) is 0 Å². The highest BCUT2D eigenvalue weighted by atomic mass is 16.5. The van der Waals surface area contributed by atoms with Gasteiger partial charge in [0, 0.05) is 27.2 Å². The number of rotatable bonds is 8. The molecule has 1 heterocycles. The van der Waals surface area contributed by atoms with Crippen molar-refractivity contribution < 1.29 is 4.74 Å². The second-order valence-electron chi connectivity index (χ2n) is 7.23. The van der Waals surface area contributed by atoms with Crippen LogP contribution in [0.2, 0.25) is 0 Å². The molecule has 2 N–H and O–H groups in total. The molecule has 1 saturated heterocycles. The first kappa shape index (κ1) is 20.4. The number of nitrogens with zero attached hydrogens (tertiary/aromatic N) is 2. The summed E-state index contributed by atoms with van der Waals surface area (Å²) in [6.07, 6.45) is 2.57. The molecule has 1 aliphatic heterocycles. The molecule has 1 fully saturated rings. The predicted molar refractivity (Wildman–Crippen MR) is 115 cm³/mol. The molecule has 0 spiro atoms. The quantitative estimate of drug-likeness (QED) is 0.545. The van der Waals surface area contributed by atoms with Crippen LogP contribution in [0.1, 0.15) is 35.6 Å². The Hall–Kier alpha value is -2.37. The van der Waals surface area contributed by atoms with Crippen molar-refractivity contribution in [3.05, 3.63) is 71.3 Å². The molecule has 5 heteroatoms. The number of hydrogen-bond donors (Lipinski definition) is 2. The molecule has 0 amide bonds. The highest BCUT2D eigenvalue weighted by Gasteiger charge is 2.23. The molecule has 1 atom stereocenters. The molecule has 3 rings (SSSR count). The average molecular weight is 381 g/mol. The topological polar surface area (TPSA) is 48.9 Å². The lowest BCUT2D eigenvalue weighted by Gasteiger charge is -2.29. The minimum atomic E-state index is 0.371. The van der Waals surface area contributed by atoms with Crippen molar-refractivity contribution in [3.63, 3.8) is 0 Å². The van der Waals surface area contributed by atoms with Gasteiger partial charge in [-0.1, -0.05) is 54.6 Å². The van der Waals surface area contributed by atoms with Crippen LogP contribution in [0.4, 0.5) is 0 Å². The summed E-state index contributed by atoms with van der Waals surface area (Å²) in [5.41, 5.74) is 3.77. The summed E-state index contributed by atoms with van der Waals surface area (Å²) >= 11 is 0. The molecule has 0 bridgehead atoms. The molecule has 0 aromatic heterocycles. The number of hydrogen-bond acceptors (Lipinski definition) is 3. The SMILES string of the molecule is CN=C(NCc1ccc(COC)cc1)NCC(c1ccccc1)N1CCCC1. The van der Waals surface area contributed by atoms with Gasteiger partial charge in [-0.25, -0.2) is 0 Å². The minimum Gasteiger partial charge on any atom is -0.380 e. The van der Waals surface area contributed by atoms with Crippen LogP contribution in [0.3, 0.4) is 0 Å². The van der Waals surface area contributed by atoms with E-state index >= 15 is 0 Å². The standard InChI is InChI=1S/C23H32N4O/c1-24-23(25-16-19-10-12-20(13-11-19)18-28-2)26-17-22(27-14-6-7-15-27)21-8-4-3-5-9-21/h3-5,8-13,22H,6-7,14-18H2,1-2H3,(H2,24,25,26). The van der Waals surface area contributed by atoms with E-state index in [-0.39, 0.29) is 0 Å². The number of benzene rings is 2. The van der Waals surface area contributed by atoms with Gasteiger partial charge >= 0.3 is 0 Å². The van der Waals surface area contributed by atoms with E-state index in [2.05, 4.69) is 75.1 Å². The van der Waals surface area contributed by atoms with Gasteiger partial charge in [0.2, 0.25) is 0 Å². The average Bonchev–Trinajstić information content (AvgIpc) is 3.27. The third kappa shape index (κ3) is 5.81. The number of methoxy groups -OCH3 is 1. The fraction of sp³-hybridized carbons (Fsp3) is 0.435. The Bertz CT molecular complexity index is 724. The monoisotopic (exact) mass is 380 g/mol. The van der Waals surface area contributed by atoms with Crippen molar-refractivity contribution in [2.24, 2.45) is 4.99 Å². The first-order valence-electron chi connectivity index (χ1n) is 10.1. The third-order valence-electron chi connectivity index (χ3n) is 5.25. The first-order chi connectivity index (χ1) is 13.8. The van der Waals surface area contributed by atoms with Gasteiger partial charge in [-0.3, -0.25) is 9.89 Å². The largest absolute Gasteiger partial charge is 0.380 e. The summed E-state index contributed by atoms with van der Waals surface area (Å²) in [5, 5.41) is 6.95. The van der Waals surface area contributed by atoms with Crippen molar-refractivity contribution in [1.29, 1.82) is 0 Å². The molecule has 2 aromatic carbocycles. The minimum absolute atomic E-state index is 0.371. The van der Waals surface area contributed by atoms with Gasteiger partial charge in [-0.2, -0.15) is 0 Å². The molecular weight excluding hydrogens is 348 g/mol. The third-order valence-corrected chi connectivity index (χ3v) is 5.25. The normalized spacial score (nSPS) is 16.1. The van der Waals surface area contributed by atoms with E-state index in [0.29, 0.717) is 12.6 Å². The Morgan fingerprint density at radius 2 is 1.68 bits per heavy atom. The van der Waals surface area contributed by atoms with Crippen LogP contribution in [-0.4, -0.2) is 44.7 Å². The van der Waals surface area contributed by atoms with Gasteiger partial charge in [0.05, 0.1) is 12.6 Å². The van der Waals surface area contributed by atoms with Crippen molar-refractivity contribution >= 4 is 5.96 Å². The fourth-order valence-electron chi connectivity index (χ4n) is 3.71. The van der Waals surface area contributed by atoms with Crippen molar-refractivity contribution in [2.75, 3.05) is 33.8 Å². The summed E-state index contributed by atoms with van der Waals surface area (Å²) in [5.74, 6) is 0.834. The van der Waals surface area contributed by atoms with Gasteiger partial charge in [0.25, 0.3) is 0 Å². The highest BCUT2D eigenvalue weighted by Crippen LogP contribution is 2.24. The maximum atomic E-state index is 5.17. The van der Waals surface area contributed by atoms with E-state index in [1.54, 1.807) is 7.11 Å². The number of guanidine groups is 1. The van der Waals surface area contributed by atoms with Crippen molar-refractivity contribution in [1.82, 2.24) is 15.5 Å². The number of nitrogens with one attached hydrogen (secondary N) is 2. The Balaban J connectivity index is 1.55. The van der Waals surface area contributed by atoms with Gasteiger partial charge in [0.1, 0.15) is 0 Å². The lowest BCUT2D eigenvalue weighted by atomic mass is 10.1. The van der Waals surface area contributed by atoms with Crippen LogP contribution in [0.15, 0.2) is 59.6 Å².